The Balaban J connectivity index is 0.000000967. The molecule has 1 unspecified atom stereocenters. The Labute approximate surface area is 227 Å². The van der Waals surface area contributed by atoms with E-state index in [4.69, 9.17) is 30.2 Å². The summed E-state index contributed by atoms with van der Waals surface area (Å²) in [6.07, 6.45) is 5.46. The van der Waals surface area contributed by atoms with Gasteiger partial charge in [0, 0.05) is 22.4 Å². The van der Waals surface area contributed by atoms with Crippen molar-refractivity contribution >= 4 is 58.9 Å². The van der Waals surface area contributed by atoms with Gasteiger partial charge in [0.15, 0.2) is 0 Å². The van der Waals surface area contributed by atoms with E-state index in [1.54, 1.807) is 0 Å². The van der Waals surface area contributed by atoms with Crippen LogP contribution in [0.1, 0.15) is 45.5 Å². The number of hydrogen-bond donors (Lipinski definition) is 1. The number of fused-ring (bicyclic) bond motifs is 2. The summed E-state index contributed by atoms with van der Waals surface area (Å²) in [4.78, 5) is 13.7. The van der Waals surface area contributed by atoms with Gasteiger partial charge in [0.25, 0.3) is 0 Å². The molecule has 0 fully saturated rings. The quantitative estimate of drug-likeness (QED) is 0.147. The second kappa shape index (κ2) is 12.1. The van der Waals surface area contributed by atoms with E-state index in [9.17, 15) is 0 Å². The van der Waals surface area contributed by atoms with Crippen molar-refractivity contribution in [2.75, 3.05) is 0 Å². The summed E-state index contributed by atoms with van der Waals surface area (Å²) in [5.41, 5.74) is 7.45. The second-order valence-electron chi connectivity index (χ2n) is 9.01. The number of hydrogen-bond acceptors (Lipinski definition) is 2. The summed E-state index contributed by atoms with van der Waals surface area (Å²) in [5.74, 6) is 0.447. The predicted octanol–water partition coefficient (Wildman–Crippen LogP) is 9.52. The van der Waals surface area contributed by atoms with Crippen molar-refractivity contribution in [2.24, 2.45) is 15.9 Å². The first kappa shape index (κ1) is 26.4. The number of aromatic amines is 1. The Morgan fingerprint density at radius 3 is 1.94 bits per heavy atom. The fourth-order valence-corrected chi connectivity index (χ4v) is 4.63. The average molecular weight is 558 g/mol. The molecular formula is C30H29Cl2FeN3. The number of nitrogens with zero attached hydrogens (tertiary/aromatic N) is 2. The fourth-order valence-electron chi connectivity index (χ4n) is 4.63. The van der Waals surface area contributed by atoms with Crippen molar-refractivity contribution in [1.82, 2.24) is 4.98 Å². The number of rotatable bonds is 4. The first-order valence-electron chi connectivity index (χ1n) is 11.9. The molecule has 0 saturated heterocycles. The van der Waals surface area contributed by atoms with Gasteiger partial charge in [0.1, 0.15) is 0 Å². The van der Waals surface area contributed by atoms with Crippen molar-refractivity contribution in [2.45, 2.75) is 34.1 Å². The third kappa shape index (κ3) is 5.85. The summed E-state index contributed by atoms with van der Waals surface area (Å²) in [6.45, 7) is 8.53. The number of aromatic nitrogens is 1. The zero-order chi connectivity index (χ0) is 25.7. The van der Waals surface area contributed by atoms with Crippen LogP contribution in [-0.4, -0.2) is 16.4 Å². The topological polar surface area (TPSA) is 40.5 Å². The molecule has 4 aromatic rings. The molecule has 1 atom stereocenters. The Kier molecular flexibility index (Phi) is 8.87. The van der Waals surface area contributed by atoms with Crippen molar-refractivity contribution in [3.8, 4) is 0 Å². The van der Waals surface area contributed by atoms with Crippen LogP contribution < -0.4 is 0 Å². The van der Waals surface area contributed by atoms with Crippen LogP contribution in [0.15, 0.2) is 100 Å². The van der Waals surface area contributed by atoms with Crippen LogP contribution in [0, 0.1) is 5.92 Å². The van der Waals surface area contributed by atoms with Crippen LogP contribution in [-0.2, 0) is 13.1 Å². The molecule has 1 heterocycles. The number of nitrogens with one attached hydrogen (secondary N) is 1. The zero-order valence-electron chi connectivity index (χ0n) is 20.8. The summed E-state index contributed by atoms with van der Waals surface area (Å²) >= 11 is 0.194. The third-order valence-electron chi connectivity index (χ3n) is 6.50. The molecule has 3 nitrogen and oxygen atoms in total. The number of H-pyrrole nitrogens is 1. The van der Waals surface area contributed by atoms with Crippen LogP contribution in [0.4, 0.5) is 5.69 Å². The zero-order valence-corrected chi connectivity index (χ0v) is 23.4. The van der Waals surface area contributed by atoms with Crippen molar-refractivity contribution in [3.63, 3.8) is 0 Å². The van der Waals surface area contributed by atoms with E-state index in [-0.39, 0.29) is 13.1 Å². The predicted molar refractivity (Wildman–Crippen MR) is 154 cm³/mol. The molecule has 1 aliphatic carbocycles. The van der Waals surface area contributed by atoms with Gasteiger partial charge in [-0.05, 0) is 61.7 Å². The Morgan fingerprint density at radius 1 is 0.861 bits per heavy atom. The average Bonchev–Trinajstić information content (AvgIpc) is 3.37. The molecular weight excluding hydrogens is 529 g/mol. The molecule has 0 amide bonds. The SMILES string of the molecule is CC(=NC1=C(C)C=CCC1C)c1ccc(C(C)=Nc2c3ccccc3cc3ccccc23)[nH]1.[Cl][Fe][Cl]. The molecule has 0 radical (unpaired) electrons. The summed E-state index contributed by atoms with van der Waals surface area (Å²) in [7, 11) is 9.53. The second-order valence-corrected chi connectivity index (χ2v) is 10.8. The standard InChI is InChI=1S/C30H29N3.2ClH.Fe/c1-19-10-9-11-20(2)29(19)31-21(3)27-16-17-28(33-27)22(4)32-30-25-14-7-5-12-23(25)18-24-13-6-8-15-26(24)30;;;/h5-10,12-18,20,33H,11H2,1-4H3;2*1H;/q;;;+2/p-2. The summed E-state index contributed by atoms with van der Waals surface area (Å²) in [5, 5.41) is 4.75. The van der Waals surface area contributed by atoms with Crippen molar-refractivity contribution in [3.05, 3.63) is 102 Å². The Morgan fingerprint density at radius 2 is 1.39 bits per heavy atom. The van der Waals surface area contributed by atoms with E-state index in [0.717, 1.165) is 34.9 Å². The minimum absolute atomic E-state index is 0.194. The first-order chi connectivity index (χ1) is 17.4. The molecule has 0 bridgehead atoms. The number of benzene rings is 3. The molecule has 0 saturated carbocycles. The number of allylic oxidation sites excluding steroid dienone is 4. The maximum atomic E-state index is 5.13. The van der Waals surface area contributed by atoms with Gasteiger partial charge >= 0.3 is 33.3 Å². The minimum atomic E-state index is 0.194. The van der Waals surface area contributed by atoms with Gasteiger partial charge in [-0.15, -0.1) is 0 Å². The Bertz CT molecular complexity index is 1460. The van der Waals surface area contributed by atoms with Gasteiger partial charge in [-0.2, -0.15) is 0 Å². The molecule has 36 heavy (non-hydrogen) atoms. The monoisotopic (exact) mass is 557 g/mol. The van der Waals surface area contributed by atoms with Gasteiger partial charge in [0.05, 0.1) is 28.5 Å². The van der Waals surface area contributed by atoms with E-state index in [0.29, 0.717) is 5.92 Å². The van der Waals surface area contributed by atoms with E-state index in [2.05, 4.69) is 112 Å². The summed E-state index contributed by atoms with van der Waals surface area (Å²) in [6, 6.07) is 23.4. The molecule has 3 aromatic carbocycles. The molecule has 6 heteroatoms. The third-order valence-corrected chi connectivity index (χ3v) is 6.50. The van der Waals surface area contributed by atoms with E-state index in [1.807, 2.05) is 0 Å². The number of halogens is 2. The molecule has 5 rings (SSSR count). The van der Waals surface area contributed by atoms with Crippen LogP contribution in [0.25, 0.3) is 21.5 Å². The van der Waals surface area contributed by atoms with Crippen LogP contribution in [0.3, 0.4) is 0 Å². The van der Waals surface area contributed by atoms with Crippen molar-refractivity contribution in [1.29, 1.82) is 0 Å². The maximum absolute atomic E-state index is 5.13. The van der Waals surface area contributed by atoms with Gasteiger partial charge in [-0.25, -0.2) is 0 Å². The first-order valence-corrected chi connectivity index (χ1v) is 14.9. The molecule has 0 aliphatic heterocycles. The van der Waals surface area contributed by atoms with Crippen LogP contribution in [0.2, 0.25) is 0 Å². The van der Waals surface area contributed by atoms with Crippen LogP contribution in [0.5, 0.6) is 0 Å². The van der Waals surface area contributed by atoms with Crippen LogP contribution >= 0.6 is 20.2 Å². The molecule has 1 aliphatic rings. The summed E-state index contributed by atoms with van der Waals surface area (Å²) < 4.78 is 0. The van der Waals surface area contributed by atoms with Crippen molar-refractivity contribution < 1.29 is 13.1 Å². The van der Waals surface area contributed by atoms with E-state index in [1.165, 1.54) is 32.8 Å². The Hall–Kier alpha value is -2.62. The molecule has 1 N–H and O–H groups in total. The molecule has 186 valence electrons. The van der Waals surface area contributed by atoms with Gasteiger partial charge in [0.2, 0.25) is 0 Å². The van der Waals surface area contributed by atoms with Gasteiger partial charge in [-0.3, -0.25) is 9.98 Å². The normalized spacial score (nSPS) is 16.6. The van der Waals surface area contributed by atoms with E-state index < -0.39 is 0 Å². The van der Waals surface area contributed by atoms with Gasteiger partial charge < -0.3 is 4.98 Å². The number of aliphatic imine (C=N–C) groups is 2. The molecule has 1 aromatic heterocycles. The van der Waals surface area contributed by atoms with Gasteiger partial charge in [-0.1, -0.05) is 67.6 Å². The fraction of sp³-hybridized carbons (Fsp3) is 0.200. The molecule has 0 spiro atoms. The van der Waals surface area contributed by atoms with E-state index >= 15 is 0 Å².